The Kier molecular flexibility index (Phi) is 7.02. The number of rotatable bonds is 8. The van der Waals surface area contributed by atoms with Crippen molar-refractivity contribution in [2.24, 2.45) is 0 Å². The smallest absolute Gasteiger partial charge is 0.355 e. The Morgan fingerprint density at radius 3 is 2.14 bits per heavy atom. The molecule has 0 saturated heterocycles. The van der Waals surface area contributed by atoms with Gasteiger partial charge in [0.25, 0.3) is 0 Å². The third kappa shape index (κ3) is 4.37. The van der Waals surface area contributed by atoms with E-state index in [2.05, 4.69) is 5.32 Å². The number of nitrogens with one attached hydrogen (secondary N) is 1. The molecule has 4 nitrogen and oxygen atoms in total. The minimum Gasteiger partial charge on any atom is -0.369 e. The van der Waals surface area contributed by atoms with Crippen LogP contribution in [0.5, 0.6) is 0 Å². The zero-order valence-corrected chi connectivity index (χ0v) is 15.2. The largest absolute Gasteiger partial charge is 0.369 e. The maximum absolute atomic E-state index is 13.1. The molecule has 0 spiro atoms. The highest BCUT2D eigenvalue weighted by Gasteiger charge is 2.46. The van der Waals surface area contributed by atoms with E-state index in [4.69, 9.17) is 32.2 Å². The van der Waals surface area contributed by atoms with Crippen molar-refractivity contribution in [2.75, 3.05) is 18.5 Å². The highest BCUT2D eigenvalue weighted by atomic mass is 35.5. The summed E-state index contributed by atoms with van der Waals surface area (Å²) in [6.07, 6.45) is 0.560. The van der Waals surface area contributed by atoms with Gasteiger partial charge in [-0.05, 0) is 45.4 Å². The van der Waals surface area contributed by atoms with E-state index in [1.54, 1.807) is 32.0 Å². The Morgan fingerprint density at radius 1 is 1.14 bits per heavy atom. The molecule has 1 aromatic carbocycles. The molecular formula is C14H22Cl2NO3P. The van der Waals surface area contributed by atoms with Gasteiger partial charge < -0.3 is 14.4 Å². The van der Waals surface area contributed by atoms with Gasteiger partial charge in [-0.15, -0.1) is 0 Å². The van der Waals surface area contributed by atoms with Crippen LogP contribution in [-0.2, 0) is 13.6 Å². The molecule has 1 N–H and O–H groups in total. The van der Waals surface area contributed by atoms with E-state index >= 15 is 0 Å². The van der Waals surface area contributed by atoms with Gasteiger partial charge in [0.2, 0.25) is 0 Å². The molecule has 0 aliphatic heterocycles. The molecular weight excluding hydrogens is 332 g/mol. The summed E-state index contributed by atoms with van der Waals surface area (Å²) in [5, 5.41) is 3.28. The summed E-state index contributed by atoms with van der Waals surface area (Å²) < 4.78 is 24.0. The number of halogens is 2. The maximum Gasteiger partial charge on any atom is 0.355 e. The minimum absolute atomic E-state index is 0.315. The van der Waals surface area contributed by atoms with Gasteiger partial charge in [-0.1, -0.05) is 30.1 Å². The van der Waals surface area contributed by atoms with Crippen LogP contribution in [0.4, 0.5) is 5.69 Å². The van der Waals surface area contributed by atoms with E-state index in [0.717, 1.165) is 0 Å². The SMILES string of the molecule is CCOP(=O)(OCC)C(C)(CC)Nc1ccc(Cl)c(Cl)c1. The second-order valence-electron chi connectivity index (χ2n) is 4.71. The summed E-state index contributed by atoms with van der Waals surface area (Å²) in [6, 6.07) is 5.17. The molecule has 1 unspecified atom stereocenters. The lowest BCUT2D eigenvalue weighted by molar-refractivity contribution is 0.201. The molecule has 120 valence electrons. The number of benzene rings is 1. The van der Waals surface area contributed by atoms with Gasteiger partial charge in [0, 0.05) is 5.69 Å². The lowest BCUT2D eigenvalue weighted by Crippen LogP contribution is -2.35. The van der Waals surface area contributed by atoms with Crippen molar-refractivity contribution in [3.05, 3.63) is 28.2 Å². The van der Waals surface area contributed by atoms with Gasteiger partial charge in [0.1, 0.15) is 5.28 Å². The summed E-state index contributed by atoms with van der Waals surface area (Å²) in [5.74, 6) is 0. The van der Waals surface area contributed by atoms with Crippen LogP contribution in [-0.4, -0.2) is 18.5 Å². The van der Waals surface area contributed by atoms with E-state index in [9.17, 15) is 4.57 Å². The molecule has 21 heavy (non-hydrogen) atoms. The number of hydrogen-bond donors (Lipinski definition) is 1. The van der Waals surface area contributed by atoms with Crippen molar-refractivity contribution < 1.29 is 13.6 Å². The standard InChI is InChI=1S/C14H22Cl2NO3P/c1-5-14(4,21(18,19-6-2)20-7-3)17-11-8-9-12(15)13(16)10-11/h8-10,17H,5-7H2,1-4H3. The average Bonchev–Trinajstić information content (AvgIpc) is 2.43. The quantitative estimate of drug-likeness (QED) is 0.600. The van der Waals surface area contributed by atoms with E-state index in [0.29, 0.717) is 35.4 Å². The Morgan fingerprint density at radius 2 is 1.71 bits per heavy atom. The van der Waals surface area contributed by atoms with E-state index in [-0.39, 0.29) is 0 Å². The molecule has 0 radical (unpaired) electrons. The van der Waals surface area contributed by atoms with Gasteiger partial charge >= 0.3 is 7.60 Å². The first-order valence-corrected chi connectivity index (χ1v) is 9.24. The Hall–Kier alpha value is -0.250. The third-order valence-electron chi connectivity index (χ3n) is 3.22. The summed E-state index contributed by atoms with van der Waals surface area (Å²) in [4.78, 5) is 0. The van der Waals surface area contributed by atoms with Crippen molar-refractivity contribution in [3.8, 4) is 0 Å². The average molecular weight is 354 g/mol. The van der Waals surface area contributed by atoms with E-state index < -0.39 is 12.9 Å². The predicted molar refractivity (Wildman–Crippen MR) is 89.6 cm³/mol. The van der Waals surface area contributed by atoms with Crippen LogP contribution < -0.4 is 5.32 Å². The molecule has 0 amide bonds. The predicted octanol–water partition coefficient (Wildman–Crippen LogP) is 5.80. The summed E-state index contributed by atoms with van der Waals surface area (Å²) in [5.41, 5.74) is 0.716. The van der Waals surface area contributed by atoms with Crippen LogP contribution >= 0.6 is 30.8 Å². The zero-order chi connectivity index (χ0) is 16.1. The number of anilines is 1. The van der Waals surface area contributed by atoms with Gasteiger partial charge in [0.15, 0.2) is 0 Å². The molecule has 0 bridgehead atoms. The highest BCUT2D eigenvalue weighted by molar-refractivity contribution is 7.55. The lowest BCUT2D eigenvalue weighted by Gasteiger charge is -2.36. The first-order chi connectivity index (χ1) is 9.81. The van der Waals surface area contributed by atoms with Crippen molar-refractivity contribution >= 4 is 36.5 Å². The molecule has 0 saturated carbocycles. The zero-order valence-electron chi connectivity index (χ0n) is 12.8. The van der Waals surface area contributed by atoms with Crippen LogP contribution in [0.3, 0.4) is 0 Å². The molecule has 0 fully saturated rings. The molecule has 1 atom stereocenters. The minimum atomic E-state index is -3.32. The molecule has 7 heteroatoms. The van der Waals surface area contributed by atoms with Crippen LogP contribution in [0.15, 0.2) is 18.2 Å². The first kappa shape index (κ1) is 18.8. The van der Waals surface area contributed by atoms with E-state index in [1.807, 2.05) is 13.8 Å². The normalized spacial score (nSPS) is 14.8. The molecule has 1 aromatic rings. The molecule has 0 aliphatic rings. The molecule has 1 rings (SSSR count). The van der Waals surface area contributed by atoms with Crippen molar-refractivity contribution in [1.29, 1.82) is 0 Å². The van der Waals surface area contributed by atoms with Gasteiger partial charge in [-0.25, -0.2) is 0 Å². The Balaban J connectivity index is 3.12. The molecule has 0 heterocycles. The topological polar surface area (TPSA) is 47.6 Å². The summed E-state index contributed by atoms with van der Waals surface area (Å²) in [7, 11) is -3.32. The third-order valence-corrected chi connectivity index (χ3v) is 6.80. The second kappa shape index (κ2) is 7.85. The van der Waals surface area contributed by atoms with Crippen molar-refractivity contribution in [2.45, 2.75) is 39.4 Å². The fourth-order valence-corrected chi connectivity index (χ4v) is 4.17. The summed E-state index contributed by atoms with van der Waals surface area (Å²) >= 11 is 11.9. The maximum atomic E-state index is 13.1. The summed E-state index contributed by atoms with van der Waals surface area (Å²) in [6.45, 7) is 7.96. The van der Waals surface area contributed by atoms with Gasteiger partial charge in [0.05, 0.1) is 23.3 Å². The first-order valence-electron chi connectivity index (χ1n) is 6.94. The number of hydrogen-bond acceptors (Lipinski definition) is 4. The van der Waals surface area contributed by atoms with Crippen LogP contribution in [0.1, 0.15) is 34.1 Å². The van der Waals surface area contributed by atoms with Crippen molar-refractivity contribution in [1.82, 2.24) is 0 Å². The van der Waals surface area contributed by atoms with Gasteiger partial charge in [-0.3, -0.25) is 4.57 Å². The van der Waals surface area contributed by atoms with Crippen molar-refractivity contribution in [3.63, 3.8) is 0 Å². The fourth-order valence-electron chi connectivity index (χ4n) is 1.90. The van der Waals surface area contributed by atoms with E-state index in [1.165, 1.54) is 0 Å². The second-order valence-corrected chi connectivity index (χ2v) is 8.03. The molecule has 0 aliphatic carbocycles. The van der Waals surface area contributed by atoms with Gasteiger partial charge in [-0.2, -0.15) is 0 Å². The van der Waals surface area contributed by atoms with Crippen LogP contribution in [0.25, 0.3) is 0 Å². The fraction of sp³-hybridized carbons (Fsp3) is 0.571. The Labute approximate surface area is 136 Å². The molecule has 0 aromatic heterocycles. The highest BCUT2D eigenvalue weighted by Crippen LogP contribution is 2.61. The monoisotopic (exact) mass is 353 g/mol. The lowest BCUT2D eigenvalue weighted by atomic mass is 10.2. The van der Waals surface area contributed by atoms with Crippen LogP contribution in [0.2, 0.25) is 10.0 Å². The Bertz CT molecular complexity index is 517. The van der Waals surface area contributed by atoms with Crippen LogP contribution in [0, 0.1) is 0 Å².